The van der Waals surface area contributed by atoms with Crippen molar-refractivity contribution in [2.75, 3.05) is 17.3 Å². The fraction of sp³-hybridized carbons (Fsp3) is 0.176. The van der Waals surface area contributed by atoms with Crippen LogP contribution in [0.1, 0.15) is 13.3 Å². The van der Waals surface area contributed by atoms with Crippen LogP contribution in [0.4, 0.5) is 21.5 Å². The summed E-state index contributed by atoms with van der Waals surface area (Å²) >= 11 is 0. The van der Waals surface area contributed by atoms with Crippen molar-refractivity contribution in [2.45, 2.75) is 13.3 Å². The third-order valence-electron chi connectivity index (χ3n) is 3.27. The number of ether oxygens (including phenoxy) is 1. The van der Waals surface area contributed by atoms with Gasteiger partial charge in [-0.2, -0.15) is 0 Å². The average Bonchev–Trinajstić information content (AvgIpc) is 2.58. The first-order valence-corrected chi connectivity index (χ1v) is 7.07. The molecule has 0 aliphatic rings. The second-order valence-corrected chi connectivity index (χ2v) is 4.74. The van der Waals surface area contributed by atoms with Gasteiger partial charge in [-0.3, -0.25) is 14.5 Å². The molecule has 0 saturated carbocycles. The first-order chi connectivity index (χ1) is 11.1. The van der Waals surface area contributed by atoms with Crippen molar-refractivity contribution in [1.29, 1.82) is 0 Å². The summed E-state index contributed by atoms with van der Waals surface area (Å²) in [6.07, 6.45) is 0.908. The Morgan fingerprint density at radius 2 is 1.96 bits per heavy atom. The van der Waals surface area contributed by atoms with Crippen molar-refractivity contribution >= 4 is 29.4 Å². The van der Waals surface area contributed by atoms with Crippen molar-refractivity contribution in [1.82, 2.24) is 0 Å². The van der Waals surface area contributed by atoms with Gasteiger partial charge in [0.05, 0.1) is 18.5 Å². The van der Waals surface area contributed by atoms with Crippen molar-refractivity contribution < 1.29 is 18.7 Å². The normalized spacial score (nSPS) is 10.0. The summed E-state index contributed by atoms with van der Waals surface area (Å²) in [6, 6.07) is 10.5. The van der Waals surface area contributed by atoms with Gasteiger partial charge in [0.15, 0.2) is 0 Å². The van der Waals surface area contributed by atoms with E-state index in [4.69, 9.17) is 4.74 Å². The first-order valence-electron chi connectivity index (χ1n) is 7.07. The summed E-state index contributed by atoms with van der Waals surface area (Å²) < 4.78 is 18.2. The molecule has 2 aromatic rings. The quantitative estimate of drug-likeness (QED) is 0.830. The number of methoxy groups -OCH3 is 1. The Balaban J connectivity index is 2.47. The van der Waals surface area contributed by atoms with Crippen molar-refractivity contribution in [3.63, 3.8) is 0 Å². The van der Waals surface area contributed by atoms with Crippen molar-refractivity contribution in [3.8, 4) is 5.75 Å². The van der Waals surface area contributed by atoms with Gasteiger partial charge in [-0.15, -0.1) is 0 Å². The molecule has 0 radical (unpaired) electrons. The van der Waals surface area contributed by atoms with Gasteiger partial charge in [-0.05, 0) is 36.4 Å². The molecule has 0 aliphatic heterocycles. The molecule has 1 N–H and O–H groups in total. The minimum Gasteiger partial charge on any atom is -0.497 e. The topological polar surface area (TPSA) is 58.6 Å². The highest BCUT2D eigenvalue weighted by Crippen LogP contribution is 2.34. The zero-order valence-electron chi connectivity index (χ0n) is 12.9. The van der Waals surface area contributed by atoms with Crippen LogP contribution in [0.5, 0.6) is 5.75 Å². The second kappa shape index (κ2) is 7.40. The highest BCUT2D eigenvalue weighted by Gasteiger charge is 2.15. The third kappa shape index (κ3) is 3.85. The van der Waals surface area contributed by atoms with Crippen molar-refractivity contribution in [3.05, 3.63) is 48.3 Å². The molecule has 0 heterocycles. The van der Waals surface area contributed by atoms with Crippen LogP contribution in [-0.4, -0.2) is 19.4 Å². The molecule has 5 nitrogen and oxygen atoms in total. The number of hydrogen-bond acceptors (Lipinski definition) is 3. The largest absolute Gasteiger partial charge is 0.497 e. The number of amides is 2. The zero-order valence-corrected chi connectivity index (χ0v) is 12.9. The molecule has 0 bridgehead atoms. The summed E-state index contributed by atoms with van der Waals surface area (Å²) in [7, 11) is 1.51. The van der Waals surface area contributed by atoms with E-state index in [1.165, 1.54) is 36.3 Å². The van der Waals surface area contributed by atoms with Gasteiger partial charge >= 0.3 is 0 Å². The van der Waals surface area contributed by atoms with E-state index in [1.54, 1.807) is 25.1 Å². The maximum Gasteiger partial charge on any atom is 0.224 e. The fourth-order valence-corrected chi connectivity index (χ4v) is 2.05. The second-order valence-electron chi connectivity index (χ2n) is 4.74. The lowest BCUT2D eigenvalue weighted by atomic mass is 10.2. The molecular weight excluding hydrogens is 299 g/mol. The lowest BCUT2D eigenvalue weighted by molar-refractivity contribution is -0.116. The van der Waals surface area contributed by atoms with Gasteiger partial charge in [0.1, 0.15) is 11.6 Å². The van der Waals surface area contributed by atoms with Crippen LogP contribution >= 0.6 is 0 Å². The number of carbonyl (C=O) groups is 2. The minimum absolute atomic E-state index is 0.190. The van der Waals surface area contributed by atoms with Gasteiger partial charge in [0.2, 0.25) is 12.3 Å². The molecule has 23 heavy (non-hydrogen) atoms. The van der Waals surface area contributed by atoms with Crippen LogP contribution in [0.2, 0.25) is 0 Å². The first kappa shape index (κ1) is 16.5. The number of hydrogen-bond donors (Lipinski definition) is 1. The molecular formula is C17H17FN2O3. The molecule has 6 heteroatoms. The molecule has 120 valence electrons. The molecule has 0 aliphatic carbocycles. The third-order valence-corrected chi connectivity index (χ3v) is 3.27. The Hall–Kier alpha value is -2.89. The number of halogens is 1. The van der Waals surface area contributed by atoms with Crippen LogP contribution in [0, 0.1) is 5.82 Å². The van der Waals surface area contributed by atoms with Crippen LogP contribution in [-0.2, 0) is 9.59 Å². The molecule has 0 unspecified atom stereocenters. The Kier molecular flexibility index (Phi) is 5.30. The van der Waals surface area contributed by atoms with Gasteiger partial charge < -0.3 is 10.1 Å². The number of anilines is 3. The van der Waals surface area contributed by atoms with E-state index in [1.807, 2.05) is 0 Å². The van der Waals surface area contributed by atoms with Crippen LogP contribution in [0.15, 0.2) is 42.5 Å². The Labute approximate surface area is 133 Å². The molecule has 0 fully saturated rings. The average molecular weight is 316 g/mol. The summed E-state index contributed by atoms with van der Waals surface area (Å²) in [6.45, 7) is 1.73. The summed E-state index contributed by atoms with van der Waals surface area (Å²) in [5.41, 5.74) is 1.39. The monoisotopic (exact) mass is 316 g/mol. The Bertz CT molecular complexity index is 701. The number of benzene rings is 2. The molecule has 2 aromatic carbocycles. The van der Waals surface area contributed by atoms with E-state index in [9.17, 15) is 14.0 Å². The highest BCUT2D eigenvalue weighted by atomic mass is 19.1. The van der Waals surface area contributed by atoms with Crippen LogP contribution < -0.4 is 15.0 Å². The van der Waals surface area contributed by atoms with Crippen molar-refractivity contribution in [2.24, 2.45) is 0 Å². The molecule has 0 atom stereocenters. The number of rotatable bonds is 6. The van der Waals surface area contributed by atoms with Gasteiger partial charge in [0.25, 0.3) is 0 Å². The Morgan fingerprint density at radius 3 is 2.52 bits per heavy atom. The number of carbonyl (C=O) groups excluding carboxylic acids is 2. The van der Waals surface area contributed by atoms with Gasteiger partial charge in [0, 0.05) is 18.2 Å². The zero-order chi connectivity index (χ0) is 16.8. The number of nitrogens with one attached hydrogen (secondary N) is 1. The highest BCUT2D eigenvalue weighted by molar-refractivity contribution is 5.99. The maximum atomic E-state index is 13.1. The molecule has 0 spiro atoms. The van der Waals surface area contributed by atoms with E-state index in [-0.39, 0.29) is 5.91 Å². The predicted octanol–water partition coefficient (Wildman–Crippen LogP) is 3.48. The smallest absolute Gasteiger partial charge is 0.224 e. The lowest BCUT2D eigenvalue weighted by Gasteiger charge is -2.21. The molecule has 2 amide bonds. The molecule has 0 saturated heterocycles. The fourth-order valence-electron chi connectivity index (χ4n) is 2.05. The van der Waals surface area contributed by atoms with Crippen LogP contribution in [0.25, 0.3) is 0 Å². The molecule has 0 aromatic heterocycles. The Morgan fingerprint density at radius 1 is 1.26 bits per heavy atom. The summed E-state index contributed by atoms with van der Waals surface area (Å²) in [4.78, 5) is 24.6. The summed E-state index contributed by atoms with van der Waals surface area (Å²) in [5.74, 6) is -0.0385. The maximum absolute atomic E-state index is 13.1. The lowest BCUT2D eigenvalue weighted by Crippen LogP contribution is -2.18. The SMILES string of the molecule is CCC(=O)Nc1cc(OC)ccc1N(C=O)c1ccc(F)cc1. The van der Waals surface area contributed by atoms with E-state index in [2.05, 4.69) is 5.32 Å². The van der Waals surface area contributed by atoms with E-state index < -0.39 is 5.82 Å². The van der Waals surface area contributed by atoms with Gasteiger partial charge in [-0.25, -0.2) is 4.39 Å². The van der Waals surface area contributed by atoms with E-state index in [0.29, 0.717) is 35.6 Å². The van der Waals surface area contributed by atoms with E-state index in [0.717, 1.165) is 0 Å². The van der Waals surface area contributed by atoms with Gasteiger partial charge in [-0.1, -0.05) is 6.92 Å². The number of nitrogens with zero attached hydrogens (tertiary/aromatic N) is 1. The minimum atomic E-state index is -0.395. The summed E-state index contributed by atoms with van der Waals surface area (Å²) in [5, 5.41) is 2.74. The standard InChI is InChI=1S/C17H17FN2O3/c1-3-17(22)19-15-10-14(23-2)8-9-16(15)20(11-21)13-6-4-12(18)5-7-13/h4-11H,3H2,1-2H3,(H,19,22). The van der Waals surface area contributed by atoms with Crippen LogP contribution in [0.3, 0.4) is 0 Å². The predicted molar refractivity (Wildman–Crippen MR) is 86.5 cm³/mol. The molecule has 2 rings (SSSR count). The van der Waals surface area contributed by atoms with E-state index >= 15 is 0 Å².